The molecule has 1 unspecified atom stereocenters. The Morgan fingerprint density at radius 2 is 0.591 bits per heavy atom. The number of carbonyl (C=O) groups is 3. The van der Waals surface area contributed by atoms with Crippen molar-refractivity contribution < 1.29 is 28.6 Å². The second-order valence-corrected chi connectivity index (χ2v) is 18.1. The van der Waals surface area contributed by atoms with Crippen LogP contribution < -0.4 is 0 Å². The Morgan fingerprint density at radius 3 is 0.970 bits per heavy atom. The molecule has 1 atom stereocenters. The van der Waals surface area contributed by atoms with Gasteiger partial charge in [-0.2, -0.15) is 0 Å². The lowest BCUT2D eigenvalue weighted by molar-refractivity contribution is -0.167. The number of hydrogen-bond acceptors (Lipinski definition) is 6. The standard InChI is InChI=1S/C60H102O6/c1-4-7-10-13-16-19-21-23-24-25-26-27-28-29-30-31-32-33-34-35-36-37-39-41-44-47-50-53-59(62)65-56-57(55-64-58(61)52-49-46-43-40-18-15-12-9-6-3)66-60(63)54-51-48-45-42-38-22-20-17-14-11-8-5-2/h7,10,16-17,19-20,23-24,26-27,29-30,32-33,57H,4-6,8-9,11-15,18,21-22,25,28,31,34-56H2,1-3H3/b10-7-,19-16-,20-17-,24-23-,27-26-,30-29-,33-32-. The lowest BCUT2D eigenvalue weighted by atomic mass is 10.1. The highest BCUT2D eigenvalue weighted by Gasteiger charge is 2.19. The van der Waals surface area contributed by atoms with Gasteiger partial charge in [0.05, 0.1) is 0 Å². The Kier molecular flexibility index (Phi) is 51.4. The van der Waals surface area contributed by atoms with Gasteiger partial charge >= 0.3 is 17.9 Å². The maximum absolute atomic E-state index is 12.8. The fourth-order valence-electron chi connectivity index (χ4n) is 7.50. The number of ether oxygens (including phenoxy) is 3. The van der Waals surface area contributed by atoms with Crippen LogP contribution in [-0.2, 0) is 28.6 Å². The summed E-state index contributed by atoms with van der Waals surface area (Å²) in [5.74, 6) is -0.900. The Hall–Kier alpha value is -3.41. The van der Waals surface area contributed by atoms with Crippen molar-refractivity contribution >= 4 is 17.9 Å². The minimum atomic E-state index is -0.781. The van der Waals surface area contributed by atoms with Gasteiger partial charge in [0.15, 0.2) is 6.10 Å². The summed E-state index contributed by atoms with van der Waals surface area (Å²) < 4.78 is 16.8. The molecule has 66 heavy (non-hydrogen) atoms. The van der Waals surface area contributed by atoms with E-state index in [9.17, 15) is 14.4 Å². The van der Waals surface area contributed by atoms with E-state index in [4.69, 9.17) is 14.2 Å². The zero-order valence-electron chi connectivity index (χ0n) is 43.2. The number of rotatable bonds is 49. The highest BCUT2D eigenvalue weighted by Crippen LogP contribution is 2.14. The van der Waals surface area contributed by atoms with Crippen molar-refractivity contribution in [2.75, 3.05) is 13.2 Å². The maximum atomic E-state index is 12.8. The van der Waals surface area contributed by atoms with Crippen LogP contribution >= 0.6 is 0 Å². The van der Waals surface area contributed by atoms with Crippen LogP contribution in [0, 0.1) is 0 Å². The molecule has 6 heteroatoms. The Bertz CT molecular complexity index is 1290. The van der Waals surface area contributed by atoms with Crippen LogP contribution in [-0.4, -0.2) is 37.2 Å². The lowest BCUT2D eigenvalue weighted by Gasteiger charge is -2.18. The molecular formula is C60H102O6. The zero-order valence-corrected chi connectivity index (χ0v) is 43.2. The van der Waals surface area contributed by atoms with Crippen LogP contribution in [0.25, 0.3) is 0 Å². The van der Waals surface area contributed by atoms with Crippen molar-refractivity contribution in [1.82, 2.24) is 0 Å². The maximum Gasteiger partial charge on any atom is 0.306 e. The van der Waals surface area contributed by atoms with Crippen molar-refractivity contribution in [1.29, 1.82) is 0 Å². The molecule has 0 bridgehead atoms. The summed E-state index contributed by atoms with van der Waals surface area (Å²) in [7, 11) is 0. The fraction of sp³-hybridized carbons (Fsp3) is 0.717. The number of allylic oxidation sites excluding steroid dienone is 14. The molecule has 6 nitrogen and oxygen atoms in total. The first-order valence-electron chi connectivity index (χ1n) is 27.6. The molecule has 0 saturated carbocycles. The average molecular weight is 919 g/mol. The van der Waals surface area contributed by atoms with Gasteiger partial charge in [-0.15, -0.1) is 0 Å². The molecule has 0 aromatic heterocycles. The van der Waals surface area contributed by atoms with Gasteiger partial charge < -0.3 is 14.2 Å². The summed E-state index contributed by atoms with van der Waals surface area (Å²) >= 11 is 0. The molecule has 0 aromatic rings. The summed E-state index contributed by atoms with van der Waals surface area (Å²) in [4.78, 5) is 37.9. The van der Waals surface area contributed by atoms with Crippen LogP contribution in [0.5, 0.6) is 0 Å². The first-order chi connectivity index (χ1) is 32.5. The number of carbonyl (C=O) groups excluding carboxylic acids is 3. The second-order valence-electron chi connectivity index (χ2n) is 18.1. The van der Waals surface area contributed by atoms with Crippen molar-refractivity contribution in [2.24, 2.45) is 0 Å². The summed E-state index contributed by atoms with van der Waals surface area (Å²) in [5, 5.41) is 0. The molecular weight excluding hydrogens is 817 g/mol. The summed E-state index contributed by atoms with van der Waals surface area (Å²) in [6.07, 6.45) is 70.1. The normalized spacial score (nSPS) is 12.7. The number of unbranched alkanes of at least 4 members (excludes halogenated alkanes) is 24. The topological polar surface area (TPSA) is 78.9 Å². The molecule has 0 saturated heterocycles. The van der Waals surface area contributed by atoms with Crippen LogP contribution in [0.3, 0.4) is 0 Å². The molecule has 0 fully saturated rings. The van der Waals surface area contributed by atoms with Crippen molar-refractivity contribution in [3.05, 3.63) is 85.1 Å². The minimum absolute atomic E-state index is 0.0807. The number of hydrogen-bond donors (Lipinski definition) is 0. The van der Waals surface area contributed by atoms with Crippen molar-refractivity contribution in [2.45, 2.75) is 264 Å². The predicted molar refractivity (Wildman–Crippen MR) is 284 cm³/mol. The highest BCUT2D eigenvalue weighted by atomic mass is 16.6. The first-order valence-corrected chi connectivity index (χ1v) is 27.6. The van der Waals surface area contributed by atoms with E-state index in [-0.39, 0.29) is 31.1 Å². The van der Waals surface area contributed by atoms with E-state index in [1.165, 1.54) is 103 Å². The Labute approximate surface area is 407 Å². The molecule has 0 spiro atoms. The van der Waals surface area contributed by atoms with Crippen LogP contribution in [0.15, 0.2) is 85.1 Å². The number of esters is 3. The summed E-state index contributed by atoms with van der Waals surface area (Å²) in [6, 6.07) is 0. The van der Waals surface area contributed by atoms with Crippen LogP contribution in [0.1, 0.15) is 258 Å². The van der Waals surface area contributed by atoms with Crippen molar-refractivity contribution in [3.63, 3.8) is 0 Å². The van der Waals surface area contributed by atoms with E-state index in [0.29, 0.717) is 19.3 Å². The molecule has 0 radical (unpaired) electrons. The zero-order chi connectivity index (χ0) is 47.9. The molecule has 0 aliphatic rings. The first kappa shape index (κ1) is 62.6. The van der Waals surface area contributed by atoms with Gasteiger partial charge in [0.2, 0.25) is 0 Å². The third-order valence-electron chi connectivity index (χ3n) is 11.6. The van der Waals surface area contributed by atoms with Gasteiger partial charge in [-0.3, -0.25) is 14.4 Å². The quantitative estimate of drug-likeness (QED) is 0.0262. The average Bonchev–Trinajstić information content (AvgIpc) is 3.31. The fourth-order valence-corrected chi connectivity index (χ4v) is 7.50. The predicted octanol–water partition coefficient (Wildman–Crippen LogP) is 18.4. The monoisotopic (exact) mass is 919 g/mol. The van der Waals surface area contributed by atoms with Gasteiger partial charge in [0, 0.05) is 19.3 Å². The van der Waals surface area contributed by atoms with Gasteiger partial charge in [-0.1, -0.05) is 228 Å². The lowest BCUT2D eigenvalue weighted by Crippen LogP contribution is -2.30. The van der Waals surface area contributed by atoms with E-state index < -0.39 is 6.10 Å². The van der Waals surface area contributed by atoms with Crippen LogP contribution in [0.2, 0.25) is 0 Å². The van der Waals surface area contributed by atoms with Gasteiger partial charge in [0.1, 0.15) is 13.2 Å². The third-order valence-corrected chi connectivity index (χ3v) is 11.6. The largest absolute Gasteiger partial charge is 0.462 e. The van der Waals surface area contributed by atoms with E-state index in [0.717, 1.165) is 116 Å². The molecule has 0 amide bonds. The van der Waals surface area contributed by atoms with E-state index >= 15 is 0 Å². The summed E-state index contributed by atoms with van der Waals surface area (Å²) in [6.45, 7) is 6.47. The summed E-state index contributed by atoms with van der Waals surface area (Å²) in [5.41, 5.74) is 0. The molecule has 0 heterocycles. The molecule has 0 rings (SSSR count). The van der Waals surface area contributed by atoms with Gasteiger partial charge in [-0.05, 0) is 96.3 Å². The Balaban J connectivity index is 4.22. The van der Waals surface area contributed by atoms with Gasteiger partial charge in [-0.25, -0.2) is 0 Å². The second kappa shape index (κ2) is 54.2. The van der Waals surface area contributed by atoms with Crippen molar-refractivity contribution in [3.8, 4) is 0 Å². The van der Waals surface area contributed by atoms with E-state index in [2.05, 4.69) is 106 Å². The van der Waals surface area contributed by atoms with Crippen LogP contribution in [0.4, 0.5) is 0 Å². The Morgan fingerprint density at radius 1 is 0.318 bits per heavy atom. The molecule has 0 aromatic carbocycles. The molecule has 0 N–H and O–H groups in total. The van der Waals surface area contributed by atoms with E-state index in [1.807, 2.05) is 0 Å². The molecule has 378 valence electrons. The SMILES string of the molecule is CC/C=C\C/C=C\C/C=C\C/C=C\C/C=C\C/C=C\CCCCCCCCCCC(=O)OCC(COC(=O)CCCCCCCCCCC)OC(=O)CCCCCCC/C=C\CCCCC. The molecule has 0 aliphatic carbocycles. The third kappa shape index (κ3) is 51.6. The van der Waals surface area contributed by atoms with E-state index in [1.54, 1.807) is 0 Å². The minimum Gasteiger partial charge on any atom is -0.462 e. The smallest absolute Gasteiger partial charge is 0.306 e. The molecule has 0 aliphatic heterocycles. The highest BCUT2D eigenvalue weighted by molar-refractivity contribution is 5.71. The van der Waals surface area contributed by atoms with Gasteiger partial charge in [0.25, 0.3) is 0 Å².